The number of hydrogen-bond donors (Lipinski definition) is 0. The maximum atomic E-state index is 6.52. The fourth-order valence-electron chi connectivity index (χ4n) is 6.94. The number of para-hydroxylation sites is 4. The lowest BCUT2D eigenvalue weighted by Crippen LogP contribution is -2.09. The van der Waals surface area contributed by atoms with Crippen LogP contribution in [0.25, 0.3) is 44.2 Å². The highest BCUT2D eigenvalue weighted by Gasteiger charge is 2.15. The molecule has 0 saturated heterocycles. The molecule has 0 N–H and O–H groups in total. The lowest BCUT2D eigenvalue weighted by molar-refractivity contribution is 0.669. The zero-order chi connectivity index (χ0) is 34.0. The van der Waals surface area contributed by atoms with Crippen LogP contribution in [0.5, 0.6) is 0 Å². The Bertz CT molecular complexity index is 2280. The van der Waals surface area contributed by atoms with E-state index in [-0.39, 0.29) is 0 Å². The van der Waals surface area contributed by atoms with E-state index < -0.39 is 0 Å². The number of anilines is 6. The molecule has 0 bridgehead atoms. The number of hydrogen-bond acceptors (Lipinski definition) is 3. The molecule has 0 aliphatic carbocycles. The second kappa shape index (κ2) is 13.2. The molecule has 0 spiro atoms. The van der Waals surface area contributed by atoms with Crippen molar-refractivity contribution in [1.29, 1.82) is 0 Å². The lowest BCUT2D eigenvalue weighted by atomic mass is 10.0. The van der Waals surface area contributed by atoms with E-state index in [1.165, 1.54) is 0 Å². The highest BCUT2D eigenvalue weighted by molar-refractivity contribution is 6.07. The van der Waals surface area contributed by atoms with Gasteiger partial charge >= 0.3 is 0 Å². The third-order valence-corrected chi connectivity index (χ3v) is 9.45. The minimum atomic E-state index is 0.885. The summed E-state index contributed by atoms with van der Waals surface area (Å²) in [6.07, 6.45) is 0. The predicted molar refractivity (Wildman–Crippen MR) is 214 cm³/mol. The number of rotatable bonds is 8. The molecule has 0 saturated carbocycles. The van der Waals surface area contributed by atoms with Crippen molar-refractivity contribution in [2.45, 2.75) is 0 Å². The van der Waals surface area contributed by atoms with Gasteiger partial charge in [0.2, 0.25) is 0 Å². The molecule has 9 aromatic rings. The van der Waals surface area contributed by atoms with Gasteiger partial charge in [-0.1, -0.05) is 109 Å². The Kier molecular flexibility index (Phi) is 7.84. The molecule has 9 rings (SSSR count). The van der Waals surface area contributed by atoms with Gasteiger partial charge in [-0.15, -0.1) is 0 Å². The lowest BCUT2D eigenvalue weighted by Gasteiger charge is -2.25. The van der Waals surface area contributed by atoms with Gasteiger partial charge in [0.05, 0.1) is 0 Å². The fraction of sp³-hybridized carbons (Fsp3) is 0. The average Bonchev–Trinajstić information content (AvgIpc) is 3.58. The molecule has 0 radical (unpaired) electrons. The minimum Gasteiger partial charge on any atom is -0.456 e. The third-order valence-electron chi connectivity index (χ3n) is 9.45. The van der Waals surface area contributed by atoms with E-state index in [0.717, 1.165) is 78.3 Å². The van der Waals surface area contributed by atoms with Crippen LogP contribution in [-0.4, -0.2) is 0 Å². The first-order valence-corrected chi connectivity index (χ1v) is 17.3. The Balaban J connectivity index is 1.01. The van der Waals surface area contributed by atoms with Crippen LogP contribution in [0, 0.1) is 0 Å². The molecule has 8 aromatic carbocycles. The fourth-order valence-corrected chi connectivity index (χ4v) is 6.94. The first-order valence-electron chi connectivity index (χ1n) is 17.3. The molecule has 3 nitrogen and oxygen atoms in total. The van der Waals surface area contributed by atoms with Crippen LogP contribution in [0.3, 0.4) is 0 Å². The molecule has 1 aromatic heterocycles. The molecule has 1 heterocycles. The molecule has 0 atom stereocenters. The van der Waals surface area contributed by atoms with Gasteiger partial charge in [-0.05, 0) is 119 Å². The van der Waals surface area contributed by atoms with E-state index in [2.05, 4.69) is 216 Å². The van der Waals surface area contributed by atoms with Crippen molar-refractivity contribution in [2.24, 2.45) is 0 Å². The number of furan rings is 1. The molecule has 0 aliphatic rings. The Morgan fingerprint density at radius 1 is 0.255 bits per heavy atom. The standard InChI is InChI=1S/C48H34N2O/c1-5-13-39(14-6-1)49(40-15-7-2-8-16-40)43-27-21-35(22-28-43)37-25-31-45-46-32-26-38(34-48(46)51-47(45)33-37)36-23-29-44(30-24-36)50(41-17-9-3-10-18-41)42-19-11-4-12-20-42/h1-34H. The van der Waals surface area contributed by atoms with Crippen molar-refractivity contribution >= 4 is 56.1 Å². The highest BCUT2D eigenvalue weighted by atomic mass is 16.3. The summed E-state index contributed by atoms with van der Waals surface area (Å²) in [6, 6.07) is 72.5. The van der Waals surface area contributed by atoms with E-state index in [4.69, 9.17) is 4.42 Å². The maximum Gasteiger partial charge on any atom is 0.136 e. The van der Waals surface area contributed by atoms with Gasteiger partial charge in [0, 0.05) is 44.9 Å². The van der Waals surface area contributed by atoms with Crippen molar-refractivity contribution < 1.29 is 4.42 Å². The van der Waals surface area contributed by atoms with Crippen LogP contribution < -0.4 is 9.80 Å². The maximum absolute atomic E-state index is 6.52. The molecule has 51 heavy (non-hydrogen) atoms. The highest BCUT2D eigenvalue weighted by Crippen LogP contribution is 2.39. The summed E-state index contributed by atoms with van der Waals surface area (Å²) in [6.45, 7) is 0. The normalized spacial score (nSPS) is 11.1. The Morgan fingerprint density at radius 3 is 0.843 bits per heavy atom. The Hall–Kier alpha value is -6.84. The summed E-state index contributed by atoms with van der Waals surface area (Å²) in [7, 11) is 0. The van der Waals surface area contributed by atoms with Crippen molar-refractivity contribution in [3.05, 3.63) is 206 Å². The summed E-state index contributed by atoms with van der Waals surface area (Å²) in [4.78, 5) is 4.56. The summed E-state index contributed by atoms with van der Waals surface area (Å²) in [5.41, 5.74) is 13.0. The second-order valence-corrected chi connectivity index (χ2v) is 12.6. The third kappa shape index (κ3) is 5.92. The van der Waals surface area contributed by atoms with E-state index in [9.17, 15) is 0 Å². The van der Waals surface area contributed by atoms with Crippen LogP contribution in [-0.2, 0) is 0 Å². The topological polar surface area (TPSA) is 19.6 Å². The van der Waals surface area contributed by atoms with Crippen molar-refractivity contribution in [3.63, 3.8) is 0 Å². The zero-order valence-corrected chi connectivity index (χ0v) is 27.9. The van der Waals surface area contributed by atoms with Crippen molar-refractivity contribution in [2.75, 3.05) is 9.80 Å². The van der Waals surface area contributed by atoms with Crippen LogP contribution in [0.15, 0.2) is 211 Å². The quantitative estimate of drug-likeness (QED) is 0.163. The van der Waals surface area contributed by atoms with E-state index >= 15 is 0 Å². The SMILES string of the molecule is c1ccc(N(c2ccccc2)c2ccc(-c3ccc4c(c3)oc3cc(-c5ccc(N(c6ccccc6)c6ccccc6)cc5)ccc34)cc2)cc1. The minimum absolute atomic E-state index is 0.885. The average molecular weight is 655 g/mol. The largest absolute Gasteiger partial charge is 0.456 e. The van der Waals surface area contributed by atoms with Crippen molar-refractivity contribution in [3.8, 4) is 22.3 Å². The molecule has 242 valence electrons. The predicted octanol–water partition coefficient (Wildman–Crippen LogP) is 13.9. The van der Waals surface area contributed by atoms with Crippen LogP contribution in [0.1, 0.15) is 0 Å². The first-order chi connectivity index (χ1) is 25.3. The molecule has 0 aliphatic heterocycles. The van der Waals surface area contributed by atoms with E-state index in [1.54, 1.807) is 0 Å². The van der Waals surface area contributed by atoms with Crippen LogP contribution >= 0.6 is 0 Å². The molecular weight excluding hydrogens is 621 g/mol. The number of fused-ring (bicyclic) bond motifs is 3. The smallest absolute Gasteiger partial charge is 0.136 e. The Morgan fingerprint density at radius 2 is 0.529 bits per heavy atom. The van der Waals surface area contributed by atoms with Crippen LogP contribution in [0.4, 0.5) is 34.1 Å². The van der Waals surface area contributed by atoms with Gasteiger partial charge < -0.3 is 14.2 Å². The monoisotopic (exact) mass is 654 g/mol. The van der Waals surface area contributed by atoms with Gasteiger partial charge in [-0.2, -0.15) is 0 Å². The molecule has 0 fully saturated rings. The van der Waals surface area contributed by atoms with Gasteiger partial charge in [-0.25, -0.2) is 0 Å². The van der Waals surface area contributed by atoms with Crippen LogP contribution in [0.2, 0.25) is 0 Å². The van der Waals surface area contributed by atoms with Crippen molar-refractivity contribution in [1.82, 2.24) is 0 Å². The summed E-state index contributed by atoms with van der Waals surface area (Å²) >= 11 is 0. The number of benzene rings is 8. The van der Waals surface area contributed by atoms with Gasteiger partial charge in [0.15, 0.2) is 0 Å². The Labute approximate surface area is 297 Å². The van der Waals surface area contributed by atoms with E-state index in [0.29, 0.717) is 0 Å². The molecule has 0 unspecified atom stereocenters. The summed E-state index contributed by atoms with van der Waals surface area (Å²) in [5, 5.41) is 2.24. The van der Waals surface area contributed by atoms with Gasteiger partial charge in [0.25, 0.3) is 0 Å². The molecular formula is C48H34N2O. The summed E-state index contributed by atoms with van der Waals surface area (Å²) in [5.74, 6) is 0. The first kappa shape index (κ1) is 30.2. The van der Waals surface area contributed by atoms with E-state index in [1.807, 2.05) is 0 Å². The van der Waals surface area contributed by atoms with Gasteiger partial charge in [0.1, 0.15) is 11.2 Å². The molecule has 0 amide bonds. The number of nitrogens with zero attached hydrogens (tertiary/aromatic N) is 2. The summed E-state index contributed by atoms with van der Waals surface area (Å²) < 4.78 is 6.52. The zero-order valence-electron chi connectivity index (χ0n) is 27.9. The molecule has 3 heteroatoms. The second-order valence-electron chi connectivity index (χ2n) is 12.6. The van der Waals surface area contributed by atoms with Gasteiger partial charge in [-0.3, -0.25) is 0 Å².